The fraction of sp³-hybridized carbons (Fsp3) is 0.533. The SMILES string of the molecule is O=C(CNS(=O)(=O)c1ccc2c(c1)COC2)N1CCCNCC1. The summed E-state index contributed by atoms with van der Waals surface area (Å²) in [7, 11) is -3.69. The second-order valence-corrected chi connectivity index (χ2v) is 7.50. The third-order valence-electron chi connectivity index (χ3n) is 4.11. The Morgan fingerprint density at radius 2 is 2.04 bits per heavy atom. The molecule has 2 aliphatic heterocycles. The molecule has 0 unspecified atom stereocenters. The van der Waals surface area contributed by atoms with Gasteiger partial charge < -0.3 is 15.0 Å². The average molecular weight is 339 g/mol. The number of benzene rings is 1. The van der Waals surface area contributed by atoms with Crippen LogP contribution in [0.3, 0.4) is 0 Å². The number of fused-ring (bicyclic) bond motifs is 1. The zero-order valence-corrected chi connectivity index (χ0v) is 13.7. The Bertz CT molecular complexity index is 682. The van der Waals surface area contributed by atoms with Crippen LogP contribution in [-0.2, 0) is 32.8 Å². The number of sulfonamides is 1. The minimum Gasteiger partial charge on any atom is -0.372 e. The molecule has 3 rings (SSSR count). The van der Waals surface area contributed by atoms with E-state index in [1.165, 1.54) is 0 Å². The van der Waals surface area contributed by atoms with Crippen molar-refractivity contribution in [3.05, 3.63) is 29.3 Å². The first-order valence-corrected chi connectivity index (χ1v) is 9.22. The van der Waals surface area contributed by atoms with Crippen molar-refractivity contribution in [2.24, 2.45) is 0 Å². The summed E-state index contributed by atoms with van der Waals surface area (Å²) in [4.78, 5) is 14.0. The van der Waals surface area contributed by atoms with E-state index in [1.54, 1.807) is 23.1 Å². The Balaban J connectivity index is 1.63. The molecular formula is C15H21N3O4S. The van der Waals surface area contributed by atoms with Crippen molar-refractivity contribution in [2.75, 3.05) is 32.7 Å². The largest absolute Gasteiger partial charge is 0.372 e. The van der Waals surface area contributed by atoms with Gasteiger partial charge in [-0.1, -0.05) is 6.07 Å². The van der Waals surface area contributed by atoms with Crippen LogP contribution in [0.25, 0.3) is 0 Å². The fourth-order valence-electron chi connectivity index (χ4n) is 2.76. The van der Waals surface area contributed by atoms with Crippen molar-refractivity contribution in [3.63, 3.8) is 0 Å². The molecule has 0 aromatic heterocycles. The van der Waals surface area contributed by atoms with E-state index in [9.17, 15) is 13.2 Å². The van der Waals surface area contributed by atoms with Gasteiger partial charge >= 0.3 is 0 Å². The minimum atomic E-state index is -3.69. The van der Waals surface area contributed by atoms with E-state index >= 15 is 0 Å². The molecule has 2 aliphatic rings. The number of hydrogen-bond donors (Lipinski definition) is 2. The van der Waals surface area contributed by atoms with Gasteiger partial charge in [0.1, 0.15) is 0 Å². The summed E-state index contributed by atoms with van der Waals surface area (Å²) in [5.41, 5.74) is 1.90. The third kappa shape index (κ3) is 3.89. The van der Waals surface area contributed by atoms with Gasteiger partial charge in [0, 0.05) is 19.6 Å². The summed E-state index contributed by atoms with van der Waals surface area (Å²) in [5, 5.41) is 3.21. The first kappa shape index (κ1) is 16.4. The molecule has 2 heterocycles. The Hall–Kier alpha value is -1.48. The number of rotatable bonds is 4. The Kier molecular flexibility index (Phi) is 4.96. The van der Waals surface area contributed by atoms with Crippen LogP contribution in [0.4, 0.5) is 0 Å². The number of hydrogen-bond acceptors (Lipinski definition) is 5. The van der Waals surface area contributed by atoms with Gasteiger partial charge in [-0.15, -0.1) is 0 Å². The van der Waals surface area contributed by atoms with Crippen LogP contribution in [0.5, 0.6) is 0 Å². The van der Waals surface area contributed by atoms with Gasteiger partial charge in [-0.25, -0.2) is 13.1 Å². The lowest BCUT2D eigenvalue weighted by Crippen LogP contribution is -2.41. The van der Waals surface area contributed by atoms with Crippen LogP contribution in [0, 0.1) is 0 Å². The molecule has 1 amide bonds. The predicted molar refractivity (Wildman–Crippen MR) is 84.2 cm³/mol. The lowest BCUT2D eigenvalue weighted by molar-refractivity contribution is -0.129. The molecule has 0 aliphatic carbocycles. The lowest BCUT2D eigenvalue weighted by Gasteiger charge is -2.20. The Morgan fingerprint density at radius 3 is 2.91 bits per heavy atom. The van der Waals surface area contributed by atoms with Gasteiger partial charge in [-0.2, -0.15) is 0 Å². The highest BCUT2D eigenvalue weighted by Crippen LogP contribution is 2.22. The van der Waals surface area contributed by atoms with Gasteiger partial charge in [-0.3, -0.25) is 4.79 Å². The first-order valence-electron chi connectivity index (χ1n) is 7.74. The van der Waals surface area contributed by atoms with Crippen molar-refractivity contribution < 1.29 is 17.9 Å². The van der Waals surface area contributed by atoms with Crippen molar-refractivity contribution in [1.82, 2.24) is 14.9 Å². The number of nitrogens with one attached hydrogen (secondary N) is 2. The Morgan fingerprint density at radius 1 is 1.22 bits per heavy atom. The van der Waals surface area contributed by atoms with E-state index in [0.717, 1.165) is 30.6 Å². The predicted octanol–water partition coefficient (Wildman–Crippen LogP) is -0.183. The molecule has 1 aromatic carbocycles. The maximum absolute atomic E-state index is 12.4. The highest BCUT2D eigenvalue weighted by molar-refractivity contribution is 7.89. The molecule has 23 heavy (non-hydrogen) atoms. The molecule has 2 N–H and O–H groups in total. The van der Waals surface area contributed by atoms with Gasteiger partial charge in [0.15, 0.2) is 0 Å². The molecule has 1 aromatic rings. The van der Waals surface area contributed by atoms with Crippen LogP contribution in [0.2, 0.25) is 0 Å². The van der Waals surface area contributed by atoms with Crippen molar-refractivity contribution in [1.29, 1.82) is 0 Å². The molecular weight excluding hydrogens is 318 g/mol. The van der Waals surface area contributed by atoms with Crippen LogP contribution in [0.1, 0.15) is 17.5 Å². The molecule has 8 heteroatoms. The standard InChI is InChI=1S/C15H21N3O4S/c19-15(18-6-1-4-16-5-7-18)9-17-23(20,21)14-3-2-12-10-22-11-13(12)8-14/h2-3,8,16-17H,1,4-7,9-11H2. The number of carbonyl (C=O) groups excluding carboxylic acids is 1. The van der Waals surface area contributed by atoms with E-state index in [1.807, 2.05) is 0 Å². The molecule has 126 valence electrons. The normalized spacial score (nSPS) is 18.5. The van der Waals surface area contributed by atoms with Gasteiger partial charge in [0.05, 0.1) is 24.7 Å². The van der Waals surface area contributed by atoms with Gasteiger partial charge in [0.25, 0.3) is 0 Å². The maximum atomic E-state index is 12.4. The summed E-state index contributed by atoms with van der Waals surface area (Å²) >= 11 is 0. The van der Waals surface area contributed by atoms with Gasteiger partial charge in [0.2, 0.25) is 15.9 Å². The monoisotopic (exact) mass is 339 g/mol. The lowest BCUT2D eigenvalue weighted by atomic mass is 10.1. The Labute approximate surface area is 136 Å². The van der Waals surface area contributed by atoms with E-state index < -0.39 is 10.0 Å². The minimum absolute atomic E-state index is 0.173. The molecule has 0 radical (unpaired) electrons. The molecule has 1 saturated heterocycles. The zero-order chi connectivity index (χ0) is 16.3. The first-order chi connectivity index (χ1) is 11.1. The zero-order valence-electron chi connectivity index (χ0n) is 12.9. The number of ether oxygens (including phenoxy) is 1. The molecule has 0 saturated carbocycles. The number of amides is 1. The van der Waals surface area contributed by atoms with E-state index in [-0.39, 0.29) is 17.3 Å². The molecule has 1 fully saturated rings. The quantitative estimate of drug-likeness (QED) is 0.794. The highest BCUT2D eigenvalue weighted by atomic mass is 32.2. The number of carbonyl (C=O) groups is 1. The average Bonchev–Trinajstić information content (AvgIpc) is 2.84. The second kappa shape index (κ2) is 6.96. The summed E-state index contributed by atoms with van der Waals surface area (Å²) in [5.74, 6) is -0.193. The van der Waals surface area contributed by atoms with Crippen molar-refractivity contribution in [2.45, 2.75) is 24.5 Å². The van der Waals surface area contributed by atoms with E-state index in [4.69, 9.17) is 4.74 Å². The van der Waals surface area contributed by atoms with Gasteiger partial charge in [-0.05, 0) is 36.2 Å². The van der Waals surface area contributed by atoms with Crippen LogP contribution < -0.4 is 10.0 Å². The van der Waals surface area contributed by atoms with Crippen molar-refractivity contribution >= 4 is 15.9 Å². The molecule has 0 atom stereocenters. The van der Waals surface area contributed by atoms with Crippen LogP contribution in [-0.4, -0.2) is 51.9 Å². The highest BCUT2D eigenvalue weighted by Gasteiger charge is 2.21. The summed E-state index contributed by atoms with van der Waals surface area (Å²) in [6.45, 7) is 3.62. The van der Waals surface area contributed by atoms with Crippen molar-refractivity contribution in [3.8, 4) is 0 Å². The molecule has 0 bridgehead atoms. The summed E-state index contributed by atoms with van der Waals surface area (Å²) in [6.07, 6.45) is 0.878. The third-order valence-corrected chi connectivity index (χ3v) is 5.51. The summed E-state index contributed by atoms with van der Waals surface area (Å²) < 4.78 is 32.4. The topological polar surface area (TPSA) is 87.7 Å². The summed E-state index contributed by atoms with van der Waals surface area (Å²) in [6, 6.07) is 4.93. The molecule has 7 nitrogen and oxygen atoms in total. The van der Waals surface area contributed by atoms with E-state index in [0.29, 0.717) is 26.3 Å². The fourth-order valence-corrected chi connectivity index (χ4v) is 3.79. The molecule has 0 spiro atoms. The van der Waals surface area contributed by atoms with E-state index in [2.05, 4.69) is 10.0 Å². The second-order valence-electron chi connectivity index (χ2n) is 5.73. The number of nitrogens with zero attached hydrogens (tertiary/aromatic N) is 1. The van der Waals surface area contributed by atoms with Crippen LogP contribution >= 0.6 is 0 Å². The smallest absolute Gasteiger partial charge is 0.241 e. The van der Waals surface area contributed by atoms with Crippen LogP contribution in [0.15, 0.2) is 23.1 Å². The maximum Gasteiger partial charge on any atom is 0.241 e.